The first-order chi connectivity index (χ1) is 9.86. The predicted octanol–water partition coefficient (Wildman–Crippen LogP) is 0.161. The van der Waals surface area contributed by atoms with Crippen molar-refractivity contribution in [1.29, 1.82) is 0 Å². The molecule has 1 aromatic rings. The van der Waals surface area contributed by atoms with Gasteiger partial charge >= 0.3 is 11.9 Å². The molecule has 0 amide bonds. The second kappa shape index (κ2) is 7.58. The van der Waals surface area contributed by atoms with E-state index in [0.717, 1.165) is 0 Å². The number of hydrogen-bond acceptors (Lipinski definition) is 6. The molecule has 0 aliphatic carbocycles. The minimum absolute atomic E-state index is 0.00376. The molecular formula is C14H20N2O5. The number of nitrogens with two attached hydrogens (primary N) is 1. The van der Waals surface area contributed by atoms with E-state index >= 15 is 0 Å². The highest BCUT2D eigenvalue weighted by Crippen LogP contribution is 2.01. The molecule has 0 radical (unpaired) electrons. The van der Waals surface area contributed by atoms with Crippen LogP contribution in [-0.2, 0) is 20.8 Å². The monoisotopic (exact) mass is 296 g/mol. The van der Waals surface area contributed by atoms with E-state index in [4.69, 9.17) is 10.5 Å². The van der Waals surface area contributed by atoms with Crippen LogP contribution in [0.15, 0.2) is 23.1 Å². The van der Waals surface area contributed by atoms with Crippen LogP contribution in [-0.4, -0.2) is 36.3 Å². The molecule has 1 heterocycles. The standard InChI is InChI=1S/C14H20N2O5/c1-9(2)12(15)14(19)21-7-6-16-8-10(13(18)20-3)4-5-11(16)17/h4-5,8-9,12H,6-7,15H2,1-3H3/t12-/m0/s1. The molecule has 116 valence electrons. The average Bonchev–Trinajstić information content (AvgIpc) is 2.47. The van der Waals surface area contributed by atoms with Crippen LogP contribution in [0, 0.1) is 5.92 Å². The molecule has 0 aromatic carbocycles. The molecule has 1 aromatic heterocycles. The fourth-order valence-electron chi connectivity index (χ4n) is 1.56. The van der Waals surface area contributed by atoms with Crippen LogP contribution in [0.1, 0.15) is 24.2 Å². The minimum atomic E-state index is -0.692. The van der Waals surface area contributed by atoms with Crippen LogP contribution in [0.25, 0.3) is 0 Å². The van der Waals surface area contributed by atoms with Gasteiger partial charge in [0.05, 0.1) is 19.2 Å². The molecule has 0 aliphatic heterocycles. The van der Waals surface area contributed by atoms with Gasteiger partial charge < -0.3 is 19.8 Å². The van der Waals surface area contributed by atoms with Crippen LogP contribution < -0.4 is 11.3 Å². The van der Waals surface area contributed by atoms with E-state index in [0.29, 0.717) is 0 Å². The van der Waals surface area contributed by atoms with Gasteiger partial charge in [-0.2, -0.15) is 0 Å². The molecule has 7 heteroatoms. The summed E-state index contributed by atoms with van der Waals surface area (Å²) in [7, 11) is 1.26. The van der Waals surface area contributed by atoms with Crippen molar-refractivity contribution >= 4 is 11.9 Å². The van der Waals surface area contributed by atoms with Gasteiger partial charge in [-0.05, 0) is 12.0 Å². The normalized spacial score (nSPS) is 12.0. The molecule has 7 nitrogen and oxygen atoms in total. The van der Waals surface area contributed by atoms with E-state index in [-0.39, 0.29) is 30.2 Å². The minimum Gasteiger partial charge on any atom is -0.465 e. The van der Waals surface area contributed by atoms with Crippen molar-refractivity contribution in [3.8, 4) is 0 Å². The van der Waals surface area contributed by atoms with Crippen molar-refractivity contribution in [3.63, 3.8) is 0 Å². The summed E-state index contributed by atoms with van der Waals surface area (Å²) in [4.78, 5) is 34.6. The summed E-state index contributed by atoms with van der Waals surface area (Å²) < 4.78 is 10.9. The molecule has 0 saturated carbocycles. The van der Waals surface area contributed by atoms with E-state index in [1.54, 1.807) is 0 Å². The van der Waals surface area contributed by atoms with Crippen LogP contribution in [0.3, 0.4) is 0 Å². The first kappa shape index (κ1) is 16.9. The van der Waals surface area contributed by atoms with Crippen molar-refractivity contribution < 1.29 is 19.1 Å². The maximum atomic E-state index is 11.6. The van der Waals surface area contributed by atoms with Gasteiger partial charge in [0.2, 0.25) is 0 Å². The van der Waals surface area contributed by atoms with Crippen molar-refractivity contribution in [2.75, 3.05) is 13.7 Å². The number of esters is 2. The molecule has 21 heavy (non-hydrogen) atoms. The Kier molecular flexibility index (Phi) is 6.10. The Morgan fingerprint density at radius 2 is 2.00 bits per heavy atom. The molecule has 0 spiro atoms. The highest BCUT2D eigenvalue weighted by Gasteiger charge is 2.18. The largest absolute Gasteiger partial charge is 0.465 e. The number of nitrogens with zero attached hydrogens (tertiary/aromatic N) is 1. The zero-order chi connectivity index (χ0) is 16.0. The molecule has 2 N–H and O–H groups in total. The fourth-order valence-corrected chi connectivity index (χ4v) is 1.56. The molecule has 0 unspecified atom stereocenters. The van der Waals surface area contributed by atoms with Gasteiger partial charge in [0.15, 0.2) is 0 Å². The van der Waals surface area contributed by atoms with E-state index < -0.39 is 18.0 Å². The third-order valence-corrected chi connectivity index (χ3v) is 2.97. The lowest BCUT2D eigenvalue weighted by Crippen LogP contribution is -2.37. The van der Waals surface area contributed by atoms with E-state index in [1.807, 2.05) is 13.8 Å². The summed E-state index contributed by atoms with van der Waals surface area (Å²) >= 11 is 0. The first-order valence-corrected chi connectivity index (χ1v) is 6.57. The molecule has 0 bridgehead atoms. The number of aromatic nitrogens is 1. The van der Waals surface area contributed by atoms with E-state index in [9.17, 15) is 14.4 Å². The van der Waals surface area contributed by atoms with Gasteiger partial charge in [0.25, 0.3) is 5.56 Å². The third kappa shape index (κ3) is 4.71. The number of methoxy groups -OCH3 is 1. The molecule has 1 atom stereocenters. The van der Waals surface area contributed by atoms with Gasteiger partial charge in [0.1, 0.15) is 12.6 Å². The Hall–Kier alpha value is -2.15. The summed E-state index contributed by atoms with van der Waals surface area (Å²) in [5.74, 6) is -1.08. The molecule has 1 rings (SSSR count). The fraction of sp³-hybridized carbons (Fsp3) is 0.500. The second-order valence-corrected chi connectivity index (χ2v) is 4.88. The number of pyridine rings is 1. The van der Waals surface area contributed by atoms with Crippen molar-refractivity contribution in [2.24, 2.45) is 11.7 Å². The second-order valence-electron chi connectivity index (χ2n) is 4.88. The van der Waals surface area contributed by atoms with Crippen LogP contribution in [0.2, 0.25) is 0 Å². The summed E-state index contributed by atoms with van der Waals surface area (Å²) in [5.41, 5.74) is 5.60. The Labute approximate surface area is 122 Å². The Morgan fingerprint density at radius 3 is 2.57 bits per heavy atom. The molecule has 0 aliphatic rings. The van der Waals surface area contributed by atoms with Gasteiger partial charge in [-0.1, -0.05) is 13.8 Å². The summed E-state index contributed by atoms with van der Waals surface area (Å²) in [5, 5.41) is 0. The summed E-state index contributed by atoms with van der Waals surface area (Å²) in [6, 6.07) is 1.95. The van der Waals surface area contributed by atoms with Gasteiger partial charge in [-0.25, -0.2) is 4.79 Å². The average molecular weight is 296 g/mol. The molecular weight excluding hydrogens is 276 g/mol. The van der Waals surface area contributed by atoms with Gasteiger partial charge in [-0.3, -0.25) is 9.59 Å². The van der Waals surface area contributed by atoms with Gasteiger partial charge in [-0.15, -0.1) is 0 Å². The summed E-state index contributed by atoms with van der Waals surface area (Å²) in [6.07, 6.45) is 1.37. The van der Waals surface area contributed by atoms with E-state index in [2.05, 4.69) is 4.74 Å². The third-order valence-electron chi connectivity index (χ3n) is 2.97. The zero-order valence-corrected chi connectivity index (χ0v) is 12.4. The first-order valence-electron chi connectivity index (χ1n) is 6.57. The molecule has 0 fully saturated rings. The Morgan fingerprint density at radius 1 is 1.33 bits per heavy atom. The lowest BCUT2D eigenvalue weighted by molar-refractivity contribution is -0.146. The number of ether oxygens (including phenoxy) is 2. The number of hydrogen-bond donors (Lipinski definition) is 1. The quantitative estimate of drug-likeness (QED) is 0.751. The number of carbonyl (C=O) groups excluding carboxylic acids is 2. The zero-order valence-electron chi connectivity index (χ0n) is 12.4. The van der Waals surface area contributed by atoms with Gasteiger partial charge in [0, 0.05) is 12.3 Å². The molecule has 0 saturated heterocycles. The number of carbonyl (C=O) groups is 2. The Balaban J connectivity index is 2.65. The van der Waals surface area contributed by atoms with Crippen molar-refractivity contribution in [1.82, 2.24) is 4.57 Å². The Bertz CT molecular complexity index is 565. The summed E-state index contributed by atoms with van der Waals surface area (Å²) in [6.45, 7) is 3.77. The number of rotatable bonds is 6. The highest BCUT2D eigenvalue weighted by molar-refractivity contribution is 5.88. The van der Waals surface area contributed by atoms with Crippen molar-refractivity contribution in [3.05, 3.63) is 34.2 Å². The van der Waals surface area contributed by atoms with Crippen LogP contribution >= 0.6 is 0 Å². The SMILES string of the molecule is COC(=O)c1ccc(=O)n(CCOC(=O)[C@@H](N)C(C)C)c1. The van der Waals surface area contributed by atoms with Crippen molar-refractivity contribution in [2.45, 2.75) is 26.4 Å². The highest BCUT2D eigenvalue weighted by atomic mass is 16.5. The van der Waals surface area contributed by atoms with E-state index in [1.165, 1.54) is 30.0 Å². The lowest BCUT2D eigenvalue weighted by Gasteiger charge is -2.14. The van der Waals surface area contributed by atoms with Crippen LogP contribution in [0.4, 0.5) is 0 Å². The van der Waals surface area contributed by atoms with Crippen LogP contribution in [0.5, 0.6) is 0 Å². The maximum Gasteiger partial charge on any atom is 0.339 e. The smallest absolute Gasteiger partial charge is 0.339 e. The predicted molar refractivity (Wildman–Crippen MR) is 75.8 cm³/mol. The maximum absolute atomic E-state index is 11.6. The topological polar surface area (TPSA) is 101 Å². The lowest BCUT2D eigenvalue weighted by atomic mass is 10.1.